The molecule has 0 bridgehead atoms. The first-order valence-electron chi connectivity index (χ1n) is 2.25. The summed E-state index contributed by atoms with van der Waals surface area (Å²) in [4.78, 5) is 19.6. The Morgan fingerprint density at radius 1 is 1.80 bits per heavy atom. The topological polar surface area (TPSA) is 77.8 Å². The van der Waals surface area contributed by atoms with Crippen molar-refractivity contribution in [2.45, 2.75) is 13.0 Å². The monoisotopic (exact) mass is 157 g/mol. The van der Waals surface area contributed by atoms with Crippen molar-refractivity contribution in [2.24, 2.45) is 0 Å². The van der Waals surface area contributed by atoms with E-state index in [1.807, 2.05) is 0 Å². The van der Waals surface area contributed by atoms with Crippen LogP contribution in [-0.2, 0) is 9.59 Å². The van der Waals surface area contributed by atoms with Gasteiger partial charge < -0.3 is 6.53 Å². The fourth-order valence-corrected chi connectivity index (χ4v) is 0.204. The molecule has 54 valence electrons. The van der Waals surface area contributed by atoms with Crippen molar-refractivity contribution in [3.05, 3.63) is 0 Å². The van der Waals surface area contributed by atoms with Gasteiger partial charge in [0, 0.05) is 0 Å². The molecule has 0 aromatic rings. The maximum Gasteiger partial charge on any atom is 1.00 e. The van der Waals surface area contributed by atoms with E-state index in [-0.39, 0.29) is 42.5 Å². The van der Waals surface area contributed by atoms with Crippen LogP contribution in [0.5, 0.6) is 0 Å². The molecule has 0 aliphatic rings. The molecule has 10 heavy (non-hydrogen) atoms. The fourth-order valence-electron chi connectivity index (χ4n) is 0.204. The van der Waals surface area contributed by atoms with E-state index in [2.05, 4.69) is 0 Å². The van der Waals surface area contributed by atoms with Crippen LogP contribution in [-0.4, -0.2) is 33.8 Å². The minimum atomic E-state index is -1.25. The largest absolute Gasteiger partial charge is 1.00 e. The van der Waals surface area contributed by atoms with Crippen LogP contribution >= 0.6 is 0 Å². The molecular weight excluding hydrogens is 149 g/mol. The molecule has 0 saturated carbocycles. The smallest absolute Gasteiger partial charge is 1.00 e. The molecule has 0 saturated heterocycles. The molecule has 0 aromatic carbocycles. The third-order valence-electron chi connectivity index (χ3n) is 0.862. The molecule has 0 unspecified atom stereocenters. The SMILES string of the molecule is C[C@@H](C(=O)O)N(O)C=O.[H-].[Na+]. The summed E-state index contributed by atoms with van der Waals surface area (Å²) in [5, 5.41) is 16.6. The molecule has 5 nitrogen and oxygen atoms in total. The van der Waals surface area contributed by atoms with Crippen molar-refractivity contribution in [3.8, 4) is 0 Å². The second-order valence-electron chi connectivity index (χ2n) is 1.50. The van der Waals surface area contributed by atoms with Gasteiger partial charge in [-0.3, -0.25) is 10.0 Å². The molecule has 0 aliphatic heterocycles. The van der Waals surface area contributed by atoms with E-state index in [4.69, 9.17) is 10.3 Å². The number of carboxylic acid groups (broad SMARTS) is 1. The summed E-state index contributed by atoms with van der Waals surface area (Å²) < 4.78 is 0. The molecule has 0 heterocycles. The molecule has 6 heteroatoms. The third kappa shape index (κ3) is 3.84. The number of hydrogen-bond acceptors (Lipinski definition) is 3. The average Bonchev–Trinajstić information content (AvgIpc) is 1.84. The van der Waals surface area contributed by atoms with Gasteiger partial charge in [0.25, 0.3) is 0 Å². The Morgan fingerprint density at radius 2 is 2.20 bits per heavy atom. The number of aliphatic carboxylic acids is 1. The minimum Gasteiger partial charge on any atom is -1.00 e. The van der Waals surface area contributed by atoms with Crippen LogP contribution in [0.15, 0.2) is 0 Å². The van der Waals surface area contributed by atoms with Crippen molar-refractivity contribution < 1.29 is 50.9 Å². The number of amides is 1. The predicted molar refractivity (Wildman–Crippen MR) is 27.9 cm³/mol. The van der Waals surface area contributed by atoms with Crippen molar-refractivity contribution in [1.29, 1.82) is 0 Å². The Labute approximate surface area is 81.4 Å². The van der Waals surface area contributed by atoms with E-state index < -0.39 is 12.0 Å². The molecule has 1 atom stereocenters. The van der Waals surface area contributed by atoms with Gasteiger partial charge in [-0.1, -0.05) is 0 Å². The van der Waals surface area contributed by atoms with Gasteiger partial charge in [0.15, 0.2) is 6.04 Å². The van der Waals surface area contributed by atoms with E-state index >= 15 is 0 Å². The summed E-state index contributed by atoms with van der Waals surface area (Å²) in [5.41, 5.74) is 0. The number of nitrogens with zero attached hydrogens (tertiary/aromatic N) is 1. The van der Waals surface area contributed by atoms with Crippen molar-refractivity contribution >= 4 is 12.4 Å². The molecule has 1 amide bonds. The first-order valence-corrected chi connectivity index (χ1v) is 2.25. The number of rotatable bonds is 3. The maximum absolute atomic E-state index is 9.94. The Balaban J connectivity index is -0.000000320. The summed E-state index contributed by atoms with van der Waals surface area (Å²) in [6.45, 7) is 1.19. The Morgan fingerprint density at radius 3 is 2.30 bits per heavy atom. The second kappa shape index (κ2) is 5.67. The van der Waals surface area contributed by atoms with Crippen LogP contribution in [0.4, 0.5) is 0 Å². The zero-order chi connectivity index (χ0) is 7.44. The fraction of sp³-hybridized carbons (Fsp3) is 0.500. The van der Waals surface area contributed by atoms with E-state index in [1.165, 1.54) is 6.92 Å². The van der Waals surface area contributed by atoms with E-state index in [9.17, 15) is 9.59 Å². The molecule has 0 aliphatic carbocycles. The third-order valence-corrected chi connectivity index (χ3v) is 0.862. The van der Waals surface area contributed by atoms with E-state index in [0.29, 0.717) is 0 Å². The maximum atomic E-state index is 9.94. The van der Waals surface area contributed by atoms with Crippen LogP contribution in [0.3, 0.4) is 0 Å². The van der Waals surface area contributed by atoms with Crippen LogP contribution < -0.4 is 29.6 Å². The van der Waals surface area contributed by atoms with Gasteiger partial charge >= 0.3 is 35.5 Å². The molecular formula is C4H8NNaO4. The van der Waals surface area contributed by atoms with E-state index in [0.717, 1.165) is 0 Å². The summed E-state index contributed by atoms with van der Waals surface area (Å²) in [6, 6.07) is -1.18. The number of hydroxylamine groups is 2. The molecule has 0 rings (SSSR count). The normalized spacial score (nSPS) is 11.0. The molecule has 0 fully saturated rings. The van der Waals surface area contributed by atoms with Crippen LogP contribution in [0.2, 0.25) is 0 Å². The van der Waals surface area contributed by atoms with Crippen molar-refractivity contribution in [3.63, 3.8) is 0 Å². The number of carbonyl (C=O) groups is 2. The van der Waals surface area contributed by atoms with Gasteiger partial charge in [-0.25, -0.2) is 9.86 Å². The van der Waals surface area contributed by atoms with Gasteiger partial charge in [-0.2, -0.15) is 0 Å². The van der Waals surface area contributed by atoms with Crippen LogP contribution in [0.25, 0.3) is 0 Å². The van der Waals surface area contributed by atoms with Crippen molar-refractivity contribution in [2.75, 3.05) is 0 Å². The zero-order valence-corrected chi connectivity index (χ0v) is 7.81. The molecule has 0 radical (unpaired) electrons. The minimum absolute atomic E-state index is 0. The zero-order valence-electron chi connectivity index (χ0n) is 6.81. The summed E-state index contributed by atoms with van der Waals surface area (Å²) in [7, 11) is 0. The average molecular weight is 157 g/mol. The van der Waals surface area contributed by atoms with E-state index in [1.54, 1.807) is 0 Å². The Hall–Kier alpha value is -0.100. The van der Waals surface area contributed by atoms with Gasteiger partial charge in [0.1, 0.15) is 0 Å². The first kappa shape index (κ1) is 12.6. The quantitative estimate of drug-likeness (QED) is 0.192. The summed E-state index contributed by atoms with van der Waals surface area (Å²) >= 11 is 0. The molecule has 2 N–H and O–H groups in total. The predicted octanol–water partition coefficient (Wildman–Crippen LogP) is -3.58. The summed E-state index contributed by atoms with van der Waals surface area (Å²) in [5.74, 6) is -1.25. The summed E-state index contributed by atoms with van der Waals surface area (Å²) in [6.07, 6.45) is 0.0405. The van der Waals surface area contributed by atoms with Crippen molar-refractivity contribution in [1.82, 2.24) is 5.06 Å². The number of hydrogen-bond donors (Lipinski definition) is 2. The molecule has 0 spiro atoms. The first-order chi connectivity index (χ1) is 4.09. The van der Waals surface area contributed by atoms with Gasteiger partial charge in [0.05, 0.1) is 0 Å². The van der Waals surface area contributed by atoms with Gasteiger partial charge in [-0.15, -0.1) is 0 Å². The van der Waals surface area contributed by atoms with Crippen LogP contribution in [0, 0.1) is 0 Å². The molecule has 0 aromatic heterocycles. The number of carboxylic acids is 1. The van der Waals surface area contributed by atoms with Gasteiger partial charge in [0.2, 0.25) is 6.41 Å². The Bertz CT molecular complexity index is 133. The van der Waals surface area contributed by atoms with Gasteiger partial charge in [-0.05, 0) is 6.92 Å². The van der Waals surface area contributed by atoms with Crippen LogP contribution in [0.1, 0.15) is 8.35 Å². The number of carbonyl (C=O) groups excluding carboxylic acids is 1. The Kier molecular flexibility index (Phi) is 7.12. The second-order valence-corrected chi connectivity index (χ2v) is 1.50. The standard InChI is InChI=1S/C4H7NO4.Na.H/c1-3(4(7)8)5(9)2-6;;/h2-3,9H,1H3,(H,7,8);;/q;+1;-1/t3-;;/m0../s1.